The van der Waals surface area contributed by atoms with Crippen LogP contribution in [0.15, 0.2) is 35.2 Å². The van der Waals surface area contributed by atoms with E-state index in [9.17, 15) is 13.2 Å². The van der Waals surface area contributed by atoms with E-state index in [2.05, 4.69) is 22.3 Å². The summed E-state index contributed by atoms with van der Waals surface area (Å²) in [7, 11) is 0. The molecule has 2 heterocycles. The van der Waals surface area contributed by atoms with Crippen molar-refractivity contribution in [2.45, 2.75) is 17.5 Å². The molecule has 0 radical (unpaired) electrons. The SMILES string of the molecule is FC(F)(F)c1nnc(N2CCC(CSc3ccccc3)C2)s1. The molecule has 0 aliphatic carbocycles. The highest BCUT2D eigenvalue weighted by atomic mass is 32.2. The Morgan fingerprint density at radius 1 is 1.23 bits per heavy atom. The molecule has 0 spiro atoms. The number of alkyl halides is 3. The Kier molecular flexibility index (Phi) is 4.58. The third-order valence-electron chi connectivity index (χ3n) is 3.44. The van der Waals surface area contributed by atoms with Crippen LogP contribution in [0.5, 0.6) is 0 Å². The molecule has 0 saturated carbocycles. The molecule has 3 rings (SSSR count). The monoisotopic (exact) mass is 345 g/mol. The van der Waals surface area contributed by atoms with Gasteiger partial charge in [-0.1, -0.05) is 29.5 Å². The van der Waals surface area contributed by atoms with E-state index in [1.54, 1.807) is 11.8 Å². The third-order valence-corrected chi connectivity index (χ3v) is 5.71. The van der Waals surface area contributed by atoms with Crippen LogP contribution in [0.25, 0.3) is 0 Å². The first-order chi connectivity index (χ1) is 10.5. The highest BCUT2D eigenvalue weighted by Crippen LogP contribution is 2.36. The Morgan fingerprint density at radius 2 is 2.00 bits per heavy atom. The fraction of sp³-hybridized carbons (Fsp3) is 0.429. The standard InChI is InChI=1S/C14H14F3N3S2/c15-14(16,17)12-18-19-13(22-12)20-7-6-10(8-20)9-21-11-4-2-1-3-5-11/h1-5,10H,6-9H2. The second-order valence-corrected chi connectivity index (χ2v) is 7.16. The molecule has 1 fully saturated rings. The number of halogens is 3. The van der Waals surface area contributed by atoms with Crippen molar-refractivity contribution in [1.29, 1.82) is 0 Å². The zero-order valence-electron chi connectivity index (χ0n) is 11.6. The lowest BCUT2D eigenvalue weighted by molar-refractivity contribution is -0.138. The maximum absolute atomic E-state index is 12.6. The predicted molar refractivity (Wildman–Crippen MR) is 82.4 cm³/mol. The Hall–Kier alpha value is -1.28. The molecular weight excluding hydrogens is 331 g/mol. The van der Waals surface area contributed by atoms with Crippen LogP contribution in [0.3, 0.4) is 0 Å². The van der Waals surface area contributed by atoms with Gasteiger partial charge in [-0.2, -0.15) is 13.2 Å². The van der Waals surface area contributed by atoms with Crippen molar-refractivity contribution in [1.82, 2.24) is 10.2 Å². The highest BCUT2D eigenvalue weighted by molar-refractivity contribution is 7.99. The van der Waals surface area contributed by atoms with E-state index >= 15 is 0 Å². The van der Waals surface area contributed by atoms with Gasteiger partial charge in [0.1, 0.15) is 0 Å². The van der Waals surface area contributed by atoms with Gasteiger partial charge in [0.15, 0.2) is 0 Å². The molecule has 0 amide bonds. The topological polar surface area (TPSA) is 29.0 Å². The summed E-state index contributed by atoms with van der Waals surface area (Å²) in [6.45, 7) is 1.48. The van der Waals surface area contributed by atoms with Gasteiger partial charge in [-0.25, -0.2) is 0 Å². The summed E-state index contributed by atoms with van der Waals surface area (Å²) in [4.78, 5) is 3.12. The molecule has 2 aromatic rings. The molecule has 1 unspecified atom stereocenters. The number of rotatable bonds is 4. The fourth-order valence-electron chi connectivity index (χ4n) is 2.33. The first-order valence-corrected chi connectivity index (χ1v) is 8.66. The van der Waals surface area contributed by atoms with E-state index in [0.29, 0.717) is 22.4 Å². The Labute approximate surface area is 134 Å². The third kappa shape index (κ3) is 3.73. The molecule has 118 valence electrons. The average Bonchev–Trinajstić information content (AvgIpc) is 3.14. The largest absolute Gasteiger partial charge is 0.445 e. The molecule has 1 saturated heterocycles. The smallest absolute Gasteiger partial charge is 0.346 e. The van der Waals surface area contributed by atoms with Gasteiger partial charge in [0.2, 0.25) is 10.1 Å². The van der Waals surface area contributed by atoms with Gasteiger partial charge in [0, 0.05) is 23.7 Å². The molecule has 1 aromatic carbocycles. The molecule has 8 heteroatoms. The van der Waals surface area contributed by atoms with E-state index in [1.165, 1.54) is 4.90 Å². The van der Waals surface area contributed by atoms with E-state index in [4.69, 9.17) is 0 Å². The Bertz CT molecular complexity index is 615. The molecular formula is C14H14F3N3S2. The van der Waals surface area contributed by atoms with Crippen LogP contribution in [0, 0.1) is 5.92 Å². The molecule has 1 atom stereocenters. The van der Waals surface area contributed by atoms with Gasteiger partial charge in [-0.3, -0.25) is 0 Å². The normalized spacial score (nSPS) is 18.9. The molecule has 0 bridgehead atoms. The fourth-order valence-corrected chi connectivity index (χ4v) is 4.13. The van der Waals surface area contributed by atoms with Crippen LogP contribution in [0.4, 0.5) is 18.3 Å². The van der Waals surface area contributed by atoms with Crippen molar-refractivity contribution in [2.75, 3.05) is 23.7 Å². The first kappa shape index (κ1) is 15.6. The number of anilines is 1. The summed E-state index contributed by atoms with van der Waals surface area (Å²) < 4.78 is 37.7. The van der Waals surface area contributed by atoms with Crippen molar-refractivity contribution >= 4 is 28.2 Å². The van der Waals surface area contributed by atoms with Crippen LogP contribution in [-0.4, -0.2) is 29.0 Å². The van der Waals surface area contributed by atoms with Gasteiger partial charge >= 0.3 is 6.18 Å². The van der Waals surface area contributed by atoms with Crippen LogP contribution in [0.1, 0.15) is 11.4 Å². The van der Waals surface area contributed by atoms with E-state index in [-0.39, 0.29) is 0 Å². The zero-order valence-corrected chi connectivity index (χ0v) is 13.2. The van der Waals surface area contributed by atoms with Crippen LogP contribution < -0.4 is 4.90 Å². The van der Waals surface area contributed by atoms with Crippen molar-refractivity contribution in [3.05, 3.63) is 35.3 Å². The Balaban J connectivity index is 1.55. The van der Waals surface area contributed by atoms with Crippen molar-refractivity contribution in [3.8, 4) is 0 Å². The second-order valence-electron chi connectivity index (χ2n) is 5.11. The maximum Gasteiger partial charge on any atom is 0.445 e. The number of nitrogens with zero attached hydrogens (tertiary/aromatic N) is 3. The molecule has 22 heavy (non-hydrogen) atoms. The van der Waals surface area contributed by atoms with Crippen LogP contribution in [-0.2, 0) is 6.18 Å². The predicted octanol–water partition coefficient (Wildman–Crippen LogP) is 4.18. The number of thioether (sulfide) groups is 1. The van der Waals surface area contributed by atoms with Gasteiger partial charge in [-0.05, 0) is 24.5 Å². The molecule has 1 aliphatic rings. The molecule has 1 aliphatic heterocycles. The number of hydrogen-bond acceptors (Lipinski definition) is 5. The molecule has 3 nitrogen and oxygen atoms in total. The van der Waals surface area contributed by atoms with E-state index in [1.807, 2.05) is 23.1 Å². The summed E-state index contributed by atoms with van der Waals surface area (Å²) in [5, 5.41) is 6.44. The van der Waals surface area contributed by atoms with Crippen molar-refractivity contribution < 1.29 is 13.2 Å². The minimum absolute atomic E-state index is 0.375. The second kappa shape index (κ2) is 6.45. The summed E-state index contributed by atoms with van der Waals surface area (Å²) in [6.07, 6.45) is -3.43. The summed E-state index contributed by atoms with van der Waals surface area (Å²) in [5.74, 6) is 1.43. The highest BCUT2D eigenvalue weighted by Gasteiger charge is 2.37. The zero-order chi connectivity index (χ0) is 15.6. The average molecular weight is 345 g/mol. The number of aromatic nitrogens is 2. The molecule has 0 N–H and O–H groups in total. The summed E-state index contributed by atoms with van der Waals surface area (Å²) in [6, 6.07) is 10.1. The minimum Gasteiger partial charge on any atom is -0.346 e. The maximum atomic E-state index is 12.6. The number of benzene rings is 1. The van der Waals surface area contributed by atoms with Crippen molar-refractivity contribution in [3.63, 3.8) is 0 Å². The lowest BCUT2D eigenvalue weighted by Crippen LogP contribution is -2.19. The summed E-state index contributed by atoms with van der Waals surface area (Å²) >= 11 is 2.41. The quantitative estimate of drug-likeness (QED) is 0.778. The van der Waals surface area contributed by atoms with E-state index in [0.717, 1.165) is 25.3 Å². The first-order valence-electron chi connectivity index (χ1n) is 6.86. The van der Waals surface area contributed by atoms with Crippen LogP contribution >= 0.6 is 23.1 Å². The van der Waals surface area contributed by atoms with Crippen LogP contribution in [0.2, 0.25) is 0 Å². The van der Waals surface area contributed by atoms with Gasteiger partial charge in [-0.15, -0.1) is 22.0 Å². The van der Waals surface area contributed by atoms with Gasteiger partial charge in [0.05, 0.1) is 0 Å². The van der Waals surface area contributed by atoms with Crippen molar-refractivity contribution in [2.24, 2.45) is 5.92 Å². The lowest BCUT2D eigenvalue weighted by atomic mass is 10.2. The van der Waals surface area contributed by atoms with Gasteiger partial charge < -0.3 is 4.90 Å². The van der Waals surface area contributed by atoms with Gasteiger partial charge in [0.25, 0.3) is 0 Å². The Morgan fingerprint density at radius 3 is 2.68 bits per heavy atom. The minimum atomic E-state index is -4.40. The lowest BCUT2D eigenvalue weighted by Gasteiger charge is -2.14. The summed E-state index contributed by atoms with van der Waals surface area (Å²) in [5.41, 5.74) is 0. The van der Waals surface area contributed by atoms with E-state index < -0.39 is 11.2 Å². The molecule has 1 aromatic heterocycles. The number of hydrogen-bond donors (Lipinski definition) is 0.